The average Bonchev–Trinajstić information content (AvgIpc) is 3.04. The molecule has 20 heavy (non-hydrogen) atoms. The van der Waals surface area contributed by atoms with E-state index in [1.54, 1.807) is 4.68 Å². The maximum atomic E-state index is 10.4. The lowest BCUT2D eigenvalue weighted by molar-refractivity contribution is 0.175. The van der Waals surface area contributed by atoms with Crippen LogP contribution in [0.1, 0.15) is 56.3 Å². The molecular weight excluding hydrogens is 252 g/mol. The maximum Gasteiger partial charge on any atom is 0.0879 e. The predicted octanol–water partition coefficient (Wildman–Crippen LogP) is 2.43. The van der Waals surface area contributed by atoms with Crippen molar-refractivity contribution in [3.05, 3.63) is 35.4 Å². The first kappa shape index (κ1) is 14.8. The zero-order valence-electron chi connectivity index (χ0n) is 12.7. The van der Waals surface area contributed by atoms with Crippen LogP contribution < -0.4 is 0 Å². The fraction of sp³-hybridized carbons (Fsp3) is 0.600. The summed E-state index contributed by atoms with van der Waals surface area (Å²) in [7, 11) is 1.88. The molecule has 0 aliphatic heterocycles. The number of nitrogens with zero attached hydrogens (tertiary/aromatic N) is 4. The van der Waals surface area contributed by atoms with E-state index in [-0.39, 0.29) is 0 Å². The lowest BCUT2D eigenvalue weighted by Crippen LogP contribution is -2.07. The molecule has 2 unspecified atom stereocenters. The van der Waals surface area contributed by atoms with Crippen molar-refractivity contribution < 1.29 is 5.11 Å². The van der Waals surface area contributed by atoms with Crippen LogP contribution in [-0.2, 0) is 19.9 Å². The van der Waals surface area contributed by atoms with Crippen LogP contribution in [0.5, 0.6) is 0 Å². The fourth-order valence-corrected chi connectivity index (χ4v) is 2.33. The third-order valence-corrected chi connectivity index (χ3v) is 3.74. The van der Waals surface area contributed by atoms with Crippen molar-refractivity contribution in [1.29, 1.82) is 0 Å². The Morgan fingerprint density at radius 3 is 2.70 bits per heavy atom. The Morgan fingerprint density at radius 2 is 2.05 bits per heavy atom. The van der Waals surface area contributed by atoms with Crippen molar-refractivity contribution in [1.82, 2.24) is 19.6 Å². The molecule has 2 atom stereocenters. The first-order valence-corrected chi connectivity index (χ1v) is 7.29. The Kier molecular flexibility index (Phi) is 4.60. The van der Waals surface area contributed by atoms with E-state index < -0.39 is 6.10 Å². The SMILES string of the molecule is CCc1nn(C)cc1C(O)Cc1ccn(C(C)CC)n1. The molecule has 2 rings (SSSR count). The van der Waals surface area contributed by atoms with Gasteiger partial charge in [-0.1, -0.05) is 13.8 Å². The first-order valence-electron chi connectivity index (χ1n) is 7.29. The molecule has 0 saturated heterocycles. The second kappa shape index (κ2) is 6.22. The van der Waals surface area contributed by atoms with Gasteiger partial charge < -0.3 is 5.11 Å². The summed E-state index contributed by atoms with van der Waals surface area (Å²) in [5.74, 6) is 0. The van der Waals surface area contributed by atoms with Crippen LogP contribution in [0, 0.1) is 0 Å². The molecule has 0 amide bonds. The van der Waals surface area contributed by atoms with Crippen LogP contribution >= 0.6 is 0 Å². The monoisotopic (exact) mass is 276 g/mol. The van der Waals surface area contributed by atoms with Gasteiger partial charge in [0, 0.05) is 37.5 Å². The van der Waals surface area contributed by atoms with E-state index in [1.165, 1.54) is 0 Å². The molecule has 1 N–H and O–H groups in total. The van der Waals surface area contributed by atoms with Gasteiger partial charge in [0.2, 0.25) is 0 Å². The van der Waals surface area contributed by atoms with Gasteiger partial charge in [0.05, 0.1) is 17.5 Å². The highest BCUT2D eigenvalue weighted by molar-refractivity contribution is 5.21. The lowest BCUT2D eigenvalue weighted by atomic mass is 10.0. The van der Waals surface area contributed by atoms with E-state index in [2.05, 4.69) is 31.0 Å². The van der Waals surface area contributed by atoms with Crippen molar-refractivity contribution >= 4 is 0 Å². The van der Waals surface area contributed by atoms with Gasteiger partial charge in [-0.05, 0) is 25.8 Å². The molecule has 0 saturated carbocycles. The summed E-state index contributed by atoms with van der Waals surface area (Å²) in [6, 6.07) is 2.38. The van der Waals surface area contributed by atoms with Gasteiger partial charge in [-0.25, -0.2) is 0 Å². The zero-order chi connectivity index (χ0) is 14.7. The Balaban J connectivity index is 2.11. The van der Waals surface area contributed by atoms with Crippen LogP contribution in [0.15, 0.2) is 18.5 Å². The number of rotatable bonds is 6. The predicted molar refractivity (Wildman–Crippen MR) is 78.5 cm³/mol. The van der Waals surface area contributed by atoms with E-state index >= 15 is 0 Å². The Labute approximate surface area is 120 Å². The molecule has 2 aromatic rings. The largest absolute Gasteiger partial charge is 0.388 e. The second-order valence-corrected chi connectivity index (χ2v) is 5.32. The third-order valence-electron chi connectivity index (χ3n) is 3.74. The highest BCUT2D eigenvalue weighted by atomic mass is 16.3. The van der Waals surface area contributed by atoms with Crippen molar-refractivity contribution in [2.45, 2.75) is 52.2 Å². The normalized spacial score (nSPS) is 14.4. The molecular formula is C15H24N4O. The number of hydrogen-bond donors (Lipinski definition) is 1. The molecule has 0 radical (unpaired) electrons. The molecule has 110 valence electrons. The van der Waals surface area contributed by atoms with Gasteiger partial charge in [-0.3, -0.25) is 9.36 Å². The number of aliphatic hydroxyl groups excluding tert-OH is 1. The summed E-state index contributed by atoms with van der Waals surface area (Å²) in [4.78, 5) is 0. The first-order chi connectivity index (χ1) is 9.55. The summed E-state index contributed by atoms with van der Waals surface area (Å²) < 4.78 is 3.72. The molecule has 0 spiro atoms. The molecule has 2 heterocycles. The van der Waals surface area contributed by atoms with E-state index in [0.717, 1.165) is 29.8 Å². The number of hydrogen-bond acceptors (Lipinski definition) is 3. The van der Waals surface area contributed by atoms with Crippen LogP contribution in [0.25, 0.3) is 0 Å². The quantitative estimate of drug-likeness (QED) is 0.881. The van der Waals surface area contributed by atoms with E-state index in [1.807, 2.05) is 30.2 Å². The smallest absolute Gasteiger partial charge is 0.0879 e. The Hall–Kier alpha value is -1.62. The van der Waals surface area contributed by atoms with Gasteiger partial charge in [0.15, 0.2) is 0 Å². The highest BCUT2D eigenvalue weighted by Crippen LogP contribution is 2.21. The molecule has 0 aromatic carbocycles. The van der Waals surface area contributed by atoms with Crippen molar-refractivity contribution in [3.8, 4) is 0 Å². The van der Waals surface area contributed by atoms with Crippen LogP contribution in [0.3, 0.4) is 0 Å². The highest BCUT2D eigenvalue weighted by Gasteiger charge is 2.17. The van der Waals surface area contributed by atoms with Crippen molar-refractivity contribution in [2.75, 3.05) is 0 Å². The molecule has 0 aliphatic carbocycles. The van der Waals surface area contributed by atoms with Gasteiger partial charge in [-0.15, -0.1) is 0 Å². The van der Waals surface area contributed by atoms with Crippen LogP contribution in [0.2, 0.25) is 0 Å². The Morgan fingerprint density at radius 1 is 1.30 bits per heavy atom. The molecule has 5 heteroatoms. The maximum absolute atomic E-state index is 10.4. The Bertz CT molecular complexity index is 558. The van der Waals surface area contributed by atoms with Gasteiger partial charge in [0.25, 0.3) is 0 Å². The molecule has 0 aliphatic rings. The van der Waals surface area contributed by atoms with Crippen LogP contribution in [-0.4, -0.2) is 24.7 Å². The van der Waals surface area contributed by atoms with E-state index in [9.17, 15) is 5.11 Å². The minimum absolute atomic E-state index is 0.394. The van der Waals surface area contributed by atoms with Gasteiger partial charge in [0.1, 0.15) is 0 Å². The van der Waals surface area contributed by atoms with Gasteiger partial charge >= 0.3 is 0 Å². The summed E-state index contributed by atoms with van der Waals surface area (Å²) in [6.07, 6.45) is 5.75. The summed E-state index contributed by atoms with van der Waals surface area (Å²) >= 11 is 0. The zero-order valence-corrected chi connectivity index (χ0v) is 12.7. The third kappa shape index (κ3) is 3.10. The number of aryl methyl sites for hydroxylation is 2. The van der Waals surface area contributed by atoms with Crippen molar-refractivity contribution in [3.63, 3.8) is 0 Å². The van der Waals surface area contributed by atoms with Gasteiger partial charge in [-0.2, -0.15) is 10.2 Å². The molecule has 0 fully saturated rings. The molecule has 0 bridgehead atoms. The number of aromatic nitrogens is 4. The molecule has 5 nitrogen and oxygen atoms in total. The van der Waals surface area contributed by atoms with Crippen LogP contribution in [0.4, 0.5) is 0 Å². The summed E-state index contributed by atoms with van der Waals surface area (Å²) in [5.41, 5.74) is 2.79. The topological polar surface area (TPSA) is 55.9 Å². The summed E-state index contributed by atoms with van der Waals surface area (Å²) in [5, 5.41) is 19.3. The summed E-state index contributed by atoms with van der Waals surface area (Å²) in [6.45, 7) is 6.34. The minimum atomic E-state index is -0.543. The fourth-order valence-electron chi connectivity index (χ4n) is 2.33. The van der Waals surface area contributed by atoms with E-state index in [0.29, 0.717) is 12.5 Å². The minimum Gasteiger partial charge on any atom is -0.388 e. The van der Waals surface area contributed by atoms with E-state index in [4.69, 9.17) is 0 Å². The lowest BCUT2D eigenvalue weighted by Gasteiger charge is -2.10. The standard InChI is InChI=1S/C15H24N4O/c1-5-11(3)19-8-7-12(16-19)9-15(20)13-10-18(4)17-14(13)6-2/h7-8,10-11,15,20H,5-6,9H2,1-4H3. The van der Waals surface area contributed by atoms with Crippen molar-refractivity contribution in [2.24, 2.45) is 7.05 Å². The second-order valence-electron chi connectivity index (χ2n) is 5.32. The average molecular weight is 276 g/mol. The molecule has 2 aromatic heterocycles. The number of aliphatic hydroxyl groups is 1.